The Morgan fingerprint density at radius 2 is 2.05 bits per heavy atom. The minimum Gasteiger partial charge on any atom is -0.423 e. The van der Waals surface area contributed by atoms with E-state index in [0.29, 0.717) is 22.5 Å². The van der Waals surface area contributed by atoms with Crippen LogP contribution in [0.4, 0.5) is 21.8 Å². The summed E-state index contributed by atoms with van der Waals surface area (Å²) < 4.78 is 19.4. The number of anilines is 3. The Labute approximate surface area is 116 Å². The number of oxazole rings is 1. The molecule has 6 heteroatoms. The average Bonchev–Trinajstić information content (AvgIpc) is 2.75. The minimum atomic E-state index is -0.342. The molecular weight excluding hydrogens is 313 g/mol. The lowest BCUT2D eigenvalue weighted by molar-refractivity contribution is 0.620. The van der Waals surface area contributed by atoms with Crippen molar-refractivity contribution >= 4 is 44.4 Å². The first-order chi connectivity index (χ1) is 9.11. The van der Waals surface area contributed by atoms with Crippen LogP contribution in [-0.4, -0.2) is 4.98 Å². The highest BCUT2D eigenvalue weighted by Crippen LogP contribution is 2.28. The van der Waals surface area contributed by atoms with Crippen molar-refractivity contribution in [3.63, 3.8) is 0 Å². The molecular formula is C13H9BrFN3O. The molecule has 0 spiro atoms. The van der Waals surface area contributed by atoms with Crippen molar-refractivity contribution in [2.75, 3.05) is 11.1 Å². The van der Waals surface area contributed by atoms with Gasteiger partial charge in [-0.3, -0.25) is 0 Å². The lowest BCUT2D eigenvalue weighted by Crippen LogP contribution is -1.92. The number of benzene rings is 2. The summed E-state index contributed by atoms with van der Waals surface area (Å²) in [5.74, 6) is -0.342. The first-order valence-corrected chi connectivity index (χ1v) is 6.29. The molecule has 0 saturated heterocycles. The topological polar surface area (TPSA) is 64.1 Å². The maximum Gasteiger partial charge on any atom is 0.300 e. The van der Waals surface area contributed by atoms with Gasteiger partial charge in [0, 0.05) is 10.2 Å². The lowest BCUT2D eigenvalue weighted by Gasteiger charge is -2.03. The van der Waals surface area contributed by atoms with E-state index in [1.165, 1.54) is 12.1 Å². The van der Waals surface area contributed by atoms with Crippen LogP contribution >= 0.6 is 15.9 Å². The van der Waals surface area contributed by atoms with Crippen LogP contribution in [0.5, 0.6) is 0 Å². The molecule has 4 nitrogen and oxygen atoms in total. The average molecular weight is 322 g/mol. The summed E-state index contributed by atoms with van der Waals surface area (Å²) in [5, 5.41) is 2.92. The zero-order valence-corrected chi connectivity index (χ0v) is 11.2. The number of aromatic nitrogens is 1. The molecule has 1 heterocycles. The molecule has 0 radical (unpaired) electrons. The number of hydrogen-bond donors (Lipinski definition) is 2. The van der Waals surface area contributed by atoms with Crippen LogP contribution in [0.25, 0.3) is 11.1 Å². The molecule has 0 aliphatic rings. The number of nitrogens with zero attached hydrogens (tertiary/aromatic N) is 1. The summed E-state index contributed by atoms with van der Waals surface area (Å²) in [6, 6.07) is 9.80. The summed E-state index contributed by atoms with van der Waals surface area (Å²) in [6.07, 6.45) is 0. The van der Waals surface area contributed by atoms with Crippen molar-refractivity contribution < 1.29 is 8.81 Å². The predicted octanol–water partition coefficient (Wildman–Crippen LogP) is 4.06. The van der Waals surface area contributed by atoms with Crippen molar-refractivity contribution in [2.45, 2.75) is 0 Å². The van der Waals surface area contributed by atoms with Crippen LogP contribution in [0.1, 0.15) is 0 Å². The number of hydrogen-bond acceptors (Lipinski definition) is 4. The van der Waals surface area contributed by atoms with Gasteiger partial charge in [0.05, 0.1) is 5.69 Å². The second-order valence-electron chi connectivity index (χ2n) is 4.00. The highest BCUT2D eigenvalue weighted by molar-refractivity contribution is 9.10. The van der Waals surface area contributed by atoms with E-state index in [2.05, 4.69) is 26.2 Å². The third kappa shape index (κ3) is 2.39. The van der Waals surface area contributed by atoms with Crippen LogP contribution in [0.3, 0.4) is 0 Å². The van der Waals surface area contributed by atoms with Crippen LogP contribution in [-0.2, 0) is 0 Å². The molecule has 0 aliphatic carbocycles. The van der Waals surface area contributed by atoms with Crippen molar-refractivity contribution in [1.29, 1.82) is 0 Å². The highest BCUT2D eigenvalue weighted by atomic mass is 79.9. The summed E-state index contributed by atoms with van der Waals surface area (Å²) >= 11 is 3.32. The van der Waals surface area contributed by atoms with Gasteiger partial charge in [-0.2, -0.15) is 4.98 Å². The highest BCUT2D eigenvalue weighted by Gasteiger charge is 2.08. The van der Waals surface area contributed by atoms with Crippen LogP contribution < -0.4 is 11.1 Å². The fourth-order valence-electron chi connectivity index (χ4n) is 1.71. The normalized spacial score (nSPS) is 10.8. The van der Waals surface area contributed by atoms with Gasteiger partial charge in [0.2, 0.25) is 0 Å². The number of halogens is 2. The van der Waals surface area contributed by atoms with E-state index in [9.17, 15) is 4.39 Å². The standard InChI is InChI=1S/C13H9BrFN3O/c14-9-3-1-7(15)5-10(9)17-13-18-11-6-8(16)2-4-12(11)19-13/h1-6H,16H2,(H,17,18). The van der Waals surface area contributed by atoms with Gasteiger partial charge in [-0.1, -0.05) is 0 Å². The predicted molar refractivity (Wildman–Crippen MR) is 75.8 cm³/mol. The summed E-state index contributed by atoms with van der Waals surface area (Å²) in [4.78, 5) is 4.24. The molecule has 19 heavy (non-hydrogen) atoms. The third-order valence-corrected chi connectivity index (χ3v) is 3.27. The molecule has 3 rings (SSSR count). The second-order valence-corrected chi connectivity index (χ2v) is 4.85. The van der Waals surface area contributed by atoms with Gasteiger partial charge >= 0.3 is 0 Å². The van der Waals surface area contributed by atoms with Gasteiger partial charge in [0.25, 0.3) is 6.01 Å². The maximum atomic E-state index is 13.2. The molecule has 0 aliphatic heterocycles. The zero-order chi connectivity index (χ0) is 13.4. The van der Waals surface area contributed by atoms with E-state index in [1.807, 2.05) is 0 Å². The summed E-state index contributed by atoms with van der Waals surface area (Å²) in [7, 11) is 0. The van der Waals surface area contributed by atoms with Gasteiger partial charge in [0.1, 0.15) is 11.3 Å². The van der Waals surface area contributed by atoms with Gasteiger partial charge < -0.3 is 15.5 Å². The molecule has 3 N–H and O–H groups in total. The molecule has 0 fully saturated rings. The van der Waals surface area contributed by atoms with E-state index < -0.39 is 0 Å². The fraction of sp³-hybridized carbons (Fsp3) is 0. The van der Waals surface area contributed by atoms with Crippen molar-refractivity contribution in [3.8, 4) is 0 Å². The van der Waals surface area contributed by atoms with E-state index in [4.69, 9.17) is 10.2 Å². The van der Waals surface area contributed by atoms with Gasteiger partial charge in [0.15, 0.2) is 5.58 Å². The molecule has 0 amide bonds. The molecule has 96 valence electrons. The Kier molecular flexibility index (Phi) is 2.87. The summed E-state index contributed by atoms with van der Waals surface area (Å²) in [5.41, 5.74) is 8.09. The number of rotatable bonds is 2. The van der Waals surface area contributed by atoms with Gasteiger partial charge in [-0.25, -0.2) is 4.39 Å². The SMILES string of the molecule is Nc1ccc2oc(Nc3cc(F)ccc3Br)nc2c1. The maximum absolute atomic E-state index is 13.2. The Balaban J connectivity index is 1.98. The smallest absolute Gasteiger partial charge is 0.300 e. The van der Waals surface area contributed by atoms with E-state index >= 15 is 0 Å². The van der Waals surface area contributed by atoms with Crippen LogP contribution in [0.2, 0.25) is 0 Å². The molecule has 0 bridgehead atoms. The van der Waals surface area contributed by atoms with E-state index in [0.717, 1.165) is 4.47 Å². The first kappa shape index (κ1) is 12.0. The van der Waals surface area contributed by atoms with Crippen molar-refractivity contribution in [1.82, 2.24) is 4.98 Å². The largest absolute Gasteiger partial charge is 0.423 e. The fourth-order valence-corrected chi connectivity index (χ4v) is 2.05. The van der Waals surface area contributed by atoms with E-state index in [1.54, 1.807) is 24.3 Å². The van der Waals surface area contributed by atoms with Crippen LogP contribution in [0, 0.1) is 5.82 Å². The molecule has 0 saturated carbocycles. The van der Waals surface area contributed by atoms with Gasteiger partial charge in [-0.05, 0) is 52.3 Å². The minimum absolute atomic E-state index is 0.284. The molecule has 0 atom stereocenters. The zero-order valence-electron chi connectivity index (χ0n) is 9.65. The number of nitrogens with one attached hydrogen (secondary N) is 1. The Hall–Kier alpha value is -2.08. The van der Waals surface area contributed by atoms with Crippen molar-refractivity contribution in [2.24, 2.45) is 0 Å². The first-order valence-electron chi connectivity index (χ1n) is 5.50. The third-order valence-electron chi connectivity index (χ3n) is 2.58. The molecule has 0 unspecified atom stereocenters. The van der Waals surface area contributed by atoms with Crippen molar-refractivity contribution in [3.05, 3.63) is 46.7 Å². The molecule has 3 aromatic rings. The Bertz CT molecular complexity index is 757. The Morgan fingerprint density at radius 3 is 2.89 bits per heavy atom. The Morgan fingerprint density at radius 1 is 1.21 bits per heavy atom. The quantitative estimate of drug-likeness (QED) is 0.699. The molecule has 2 aromatic carbocycles. The molecule has 1 aromatic heterocycles. The lowest BCUT2D eigenvalue weighted by atomic mass is 10.3. The monoisotopic (exact) mass is 321 g/mol. The second kappa shape index (κ2) is 4.55. The number of nitrogen functional groups attached to an aromatic ring is 1. The number of fused-ring (bicyclic) bond motifs is 1. The van der Waals surface area contributed by atoms with Gasteiger partial charge in [-0.15, -0.1) is 0 Å². The van der Waals surface area contributed by atoms with E-state index in [-0.39, 0.29) is 11.8 Å². The van der Waals surface area contributed by atoms with Crippen LogP contribution in [0.15, 0.2) is 45.3 Å². The summed E-state index contributed by atoms with van der Waals surface area (Å²) in [6.45, 7) is 0. The number of nitrogens with two attached hydrogens (primary N) is 1.